The van der Waals surface area contributed by atoms with Crippen molar-refractivity contribution in [3.63, 3.8) is 0 Å². The van der Waals surface area contributed by atoms with Gasteiger partial charge >= 0.3 is 0 Å². The van der Waals surface area contributed by atoms with Crippen molar-refractivity contribution in [1.82, 2.24) is 4.60 Å². The van der Waals surface area contributed by atoms with E-state index in [-0.39, 0.29) is 6.29 Å². The molecule has 0 aromatic rings. The van der Waals surface area contributed by atoms with Crippen molar-refractivity contribution < 1.29 is 14.3 Å². The molecular weight excluding hydrogens is 243 g/mol. The molecule has 0 aliphatic carbocycles. The lowest BCUT2D eigenvalue weighted by Gasteiger charge is -2.18. The molecule has 1 rings (SSSR count). The van der Waals surface area contributed by atoms with Crippen molar-refractivity contribution in [2.24, 2.45) is 9.03 Å². The minimum absolute atomic E-state index is 0.302. The largest absolute Gasteiger partial charge is 0.353 e. The molecule has 1 aliphatic rings. The highest BCUT2D eigenvalue weighted by Gasteiger charge is 2.11. The summed E-state index contributed by atoms with van der Waals surface area (Å²) in [7, 11) is 3.47. The van der Waals surface area contributed by atoms with Crippen LogP contribution in [0, 0.1) is 0 Å². The highest BCUT2D eigenvalue weighted by molar-refractivity contribution is 7.55. The molecule has 0 amide bonds. The van der Waals surface area contributed by atoms with Crippen molar-refractivity contribution in [3.05, 3.63) is 0 Å². The highest BCUT2D eigenvalue weighted by Crippen LogP contribution is 2.38. The molecule has 0 spiro atoms. The van der Waals surface area contributed by atoms with Crippen LogP contribution in [0.1, 0.15) is 6.92 Å². The third kappa shape index (κ3) is 4.81. The van der Waals surface area contributed by atoms with Gasteiger partial charge in [0, 0.05) is 13.7 Å². The smallest absolute Gasteiger partial charge is 0.182 e. The van der Waals surface area contributed by atoms with Gasteiger partial charge in [-0.3, -0.25) is 4.84 Å². The number of nitrogens with zero attached hydrogens (tertiary/aromatic N) is 3. The molecule has 1 aliphatic heterocycles. The summed E-state index contributed by atoms with van der Waals surface area (Å²) in [6, 6.07) is 0. The van der Waals surface area contributed by atoms with Crippen LogP contribution in [-0.4, -0.2) is 31.2 Å². The summed E-state index contributed by atoms with van der Waals surface area (Å²) in [4.78, 5) is 5.38. The topological polar surface area (TPSA) is 55.7 Å². The van der Waals surface area contributed by atoms with E-state index >= 15 is 0 Å². The molecule has 0 saturated heterocycles. The molecule has 0 N–H and O–H groups in total. The molecule has 6 nitrogen and oxygen atoms in total. The summed E-state index contributed by atoms with van der Waals surface area (Å²) < 4.78 is 20.0. The molecule has 1 heterocycles. The van der Waals surface area contributed by atoms with E-state index in [4.69, 9.17) is 14.3 Å². The maximum Gasteiger partial charge on any atom is 0.182 e. The van der Waals surface area contributed by atoms with E-state index in [1.54, 1.807) is 11.7 Å². The van der Waals surface area contributed by atoms with Crippen LogP contribution in [0.4, 0.5) is 0 Å². The van der Waals surface area contributed by atoms with Gasteiger partial charge in [-0.15, -0.1) is 0 Å². The molecular formula is C5H12N3O3P3. The molecule has 2 atom stereocenters. The first-order valence-corrected chi connectivity index (χ1v) is 6.50. The Labute approximate surface area is 88.0 Å². The minimum Gasteiger partial charge on any atom is -0.353 e. The van der Waals surface area contributed by atoms with E-state index in [0.29, 0.717) is 22.1 Å². The molecule has 0 fully saturated rings. The second-order valence-electron chi connectivity index (χ2n) is 2.16. The van der Waals surface area contributed by atoms with Gasteiger partial charge in [-0.2, -0.15) is 4.52 Å². The summed E-state index contributed by atoms with van der Waals surface area (Å²) in [6.07, 6.45) is -0.320. The lowest BCUT2D eigenvalue weighted by Crippen LogP contribution is -2.23. The number of hydrogen-bond acceptors (Lipinski definition) is 6. The number of rotatable bonds is 6. The average molecular weight is 255 g/mol. The fourth-order valence-corrected chi connectivity index (χ4v) is 3.26. The molecule has 80 valence electrons. The van der Waals surface area contributed by atoms with Crippen molar-refractivity contribution in [2.45, 2.75) is 13.2 Å². The lowest BCUT2D eigenvalue weighted by molar-refractivity contribution is -0.178. The Morgan fingerprint density at radius 3 is 3.00 bits per heavy atom. The molecule has 2 unspecified atom stereocenters. The normalized spacial score (nSPS) is 22.7. The van der Waals surface area contributed by atoms with E-state index in [0.717, 1.165) is 17.0 Å². The summed E-state index contributed by atoms with van der Waals surface area (Å²) in [6.45, 7) is 2.89. The lowest BCUT2D eigenvalue weighted by atomic mass is 10.7. The van der Waals surface area contributed by atoms with E-state index in [1.807, 2.05) is 6.92 Å². The molecule has 14 heavy (non-hydrogen) atoms. The van der Waals surface area contributed by atoms with Crippen LogP contribution in [0.25, 0.3) is 0 Å². The third-order valence-electron chi connectivity index (χ3n) is 1.28. The quantitative estimate of drug-likeness (QED) is 0.541. The minimum atomic E-state index is -0.320. The zero-order valence-corrected chi connectivity index (χ0v) is 10.7. The first-order valence-electron chi connectivity index (χ1n) is 4.00. The van der Waals surface area contributed by atoms with Crippen LogP contribution in [0.5, 0.6) is 0 Å². The van der Waals surface area contributed by atoms with Gasteiger partial charge in [0.1, 0.15) is 24.0 Å². The van der Waals surface area contributed by atoms with Crippen molar-refractivity contribution >= 4 is 25.9 Å². The van der Waals surface area contributed by atoms with Crippen LogP contribution in [0.2, 0.25) is 0 Å². The first-order chi connectivity index (χ1) is 6.86. The predicted octanol–water partition coefficient (Wildman–Crippen LogP) is 2.84. The molecule has 0 radical (unpaired) electrons. The van der Waals surface area contributed by atoms with E-state index < -0.39 is 0 Å². The first kappa shape index (κ1) is 12.5. The fourth-order valence-electron chi connectivity index (χ4n) is 0.709. The van der Waals surface area contributed by atoms with Gasteiger partial charge in [0.25, 0.3) is 0 Å². The Morgan fingerprint density at radius 1 is 1.57 bits per heavy atom. The fraction of sp³-hybridized carbons (Fsp3) is 1.00. The van der Waals surface area contributed by atoms with Gasteiger partial charge in [0.15, 0.2) is 14.8 Å². The highest BCUT2D eigenvalue weighted by atomic mass is 31.2. The Balaban J connectivity index is 2.17. The van der Waals surface area contributed by atoms with E-state index in [1.165, 1.54) is 0 Å². The summed E-state index contributed by atoms with van der Waals surface area (Å²) in [5, 5.41) is 0. The van der Waals surface area contributed by atoms with Crippen LogP contribution in [0.15, 0.2) is 9.03 Å². The predicted molar refractivity (Wildman–Crippen MR) is 57.2 cm³/mol. The van der Waals surface area contributed by atoms with Crippen molar-refractivity contribution in [1.29, 1.82) is 0 Å². The van der Waals surface area contributed by atoms with Gasteiger partial charge in [0.05, 0.1) is 0 Å². The SMILES string of the molecule is CCOC(CON1P=NP=NP1)OC. The van der Waals surface area contributed by atoms with Crippen LogP contribution < -0.4 is 0 Å². The average Bonchev–Trinajstić information content (AvgIpc) is 2.25. The maximum atomic E-state index is 5.38. The van der Waals surface area contributed by atoms with Gasteiger partial charge in [-0.1, -0.05) is 4.60 Å². The van der Waals surface area contributed by atoms with E-state index in [9.17, 15) is 0 Å². The van der Waals surface area contributed by atoms with Crippen LogP contribution in [-0.2, 0) is 14.3 Å². The summed E-state index contributed by atoms with van der Waals surface area (Å²) in [5.74, 6) is 0. The molecule has 9 heteroatoms. The summed E-state index contributed by atoms with van der Waals surface area (Å²) >= 11 is 0. The third-order valence-corrected chi connectivity index (χ3v) is 3.75. The van der Waals surface area contributed by atoms with Crippen molar-refractivity contribution in [3.8, 4) is 0 Å². The molecule has 0 aromatic carbocycles. The van der Waals surface area contributed by atoms with Gasteiger partial charge < -0.3 is 9.47 Å². The Kier molecular flexibility index (Phi) is 6.92. The zero-order chi connectivity index (χ0) is 10.2. The zero-order valence-electron chi connectivity index (χ0n) is 7.95. The monoisotopic (exact) mass is 255 g/mol. The Bertz CT molecular complexity index is 216. The van der Waals surface area contributed by atoms with Gasteiger partial charge in [-0.25, -0.2) is 4.52 Å². The Morgan fingerprint density at radius 2 is 2.43 bits per heavy atom. The molecule has 0 aromatic heterocycles. The second-order valence-corrected chi connectivity index (χ2v) is 5.38. The number of methoxy groups -OCH3 is 1. The van der Waals surface area contributed by atoms with E-state index in [2.05, 4.69) is 9.03 Å². The number of ether oxygens (including phenoxy) is 2. The van der Waals surface area contributed by atoms with Crippen LogP contribution in [0.3, 0.4) is 0 Å². The molecule has 0 bridgehead atoms. The van der Waals surface area contributed by atoms with Gasteiger partial charge in [-0.05, 0) is 6.92 Å². The Hall–Kier alpha value is 0.470. The van der Waals surface area contributed by atoms with Crippen molar-refractivity contribution in [2.75, 3.05) is 20.3 Å². The molecule has 0 saturated carbocycles. The summed E-state index contributed by atoms with van der Waals surface area (Å²) in [5.41, 5.74) is 0. The number of hydrogen-bond donors (Lipinski definition) is 0. The second kappa shape index (κ2) is 7.72. The maximum absolute atomic E-state index is 5.38. The van der Waals surface area contributed by atoms with Crippen LogP contribution >= 0.6 is 25.9 Å². The standard InChI is InChI=1S/C5H12N3O3P3/c1-3-10-5(9-2)4-11-8-13-6-12-7-14-8/h5,13H,3-4H2,1-2H3. The van der Waals surface area contributed by atoms with Gasteiger partial charge in [0.2, 0.25) is 0 Å².